The van der Waals surface area contributed by atoms with E-state index in [1.165, 1.54) is 19.0 Å². The largest absolute Gasteiger partial charge is 0.351 e. The molecule has 110 valence electrons. The number of hydrogen-bond donors (Lipinski definition) is 2. The zero-order chi connectivity index (χ0) is 14.5. The van der Waals surface area contributed by atoms with Gasteiger partial charge in [-0.25, -0.2) is 10.8 Å². The lowest BCUT2D eigenvalue weighted by Gasteiger charge is -2.27. The van der Waals surface area contributed by atoms with Crippen molar-refractivity contribution in [3.8, 4) is 0 Å². The molecule has 2 rings (SSSR count). The molecule has 0 radical (unpaired) electrons. The maximum absolute atomic E-state index is 11.1. The van der Waals surface area contributed by atoms with E-state index in [2.05, 4.69) is 15.4 Å². The number of nitrogens with zero attached hydrogens (tertiary/aromatic N) is 4. The Morgan fingerprint density at radius 1 is 1.40 bits per heavy atom. The summed E-state index contributed by atoms with van der Waals surface area (Å²) in [6.07, 6.45) is 8.01. The predicted octanol–water partition coefficient (Wildman–Crippen LogP) is 1.83. The summed E-state index contributed by atoms with van der Waals surface area (Å²) in [6.45, 7) is 0. The Hall–Kier alpha value is -1.96. The van der Waals surface area contributed by atoms with Gasteiger partial charge < -0.3 is 4.90 Å². The SMILES string of the molecule is CN(c1nc(NN)ncc1[N+](=O)[O-])C1CCCCCC1. The van der Waals surface area contributed by atoms with Crippen LogP contribution in [0.4, 0.5) is 17.5 Å². The van der Waals surface area contributed by atoms with Crippen molar-refractivity contribution in [2.45, 2.75) is 44.6 Å². The standard InChI is InChI=1S/C12H20N6O2/c1-17(9-6-4-2-3-5-7-9)11-10(18(19)20)8-14-12(15-11)16-13/h8-9H,2-7,13H2,1H3,(H,14,15,16). The highest BCUT2D eigenvalue weighted by Crippen LogP contribution is 2.30. The Bertz CT molecular complexity index is 473. The van der Waals surface area contributed by atoms with Crippen LogP contribution in [0.2, 0.25) is 0 Å². The minimum absolute atomic E-state index is 0.0873. The lowest BCUT2D eigenvalue weighted by molar-refractivity contribution is -0.384. The van der Waals surface area contributed by atoms with E-state index in [0.29, 0.717) is 5.82 Å². The van der Waals surface area contributed by atoms with E-state index in [4.69, 9.17) is 5.84 Å². The molecular weight excluding hydrogens is 260 g/mol. The molecule has 8 heteroatoms. The summed E-state index contributed by atoms with van der Waals surface area (Å²) in [5.41, 5.74) is 2.24. The fourth-order valence-electron chi connectivity index (χ4n) is 2.64. The maximum atomic E-state index is 11.1. The van der Waals surface area contributed by atoms with Crippen LogP contribution in [0.25, 0.3) is 0 Å². The summed E-state index contributed by atoms with van der Waals surface area (Å²) in [7, 11) is 1.85. The second kappa shape index (κ2) is 6.47. The Kier molecular flexibility index (Phi) is 4.67. The van der Waals surface area contributed by atoms with Crippen LogP contribution >= 0.6 is 0 Å². The Morgan fingerprint density at radius 2 is 2.05 bits per heavy atom. The van der Waals surface area contributed by atoms with Crippen LogP contribution in [-0.4, -0.2) is 28.0 Å². The molecule has 1 aliphatic carbocycles. The Balaban J connectivity index is 2.30. The van der Waals surface area contributed by atoms with Gasteiger partial charge in [0.1, 0.15) is 6.20 Å². The van der Waals surface area contributed by atoms with E-state index >= 15 is 0 Å². The molecule has 8 nitrogen and oxygen atoms in total. The summed E-state index contributed by atoms with van der Waals surface area (Å²) < 4.78 is 0. The van der Waals surface area contributed by atoms with Crippen molar-refractivity contribution in [2.75, 3.05) is 17.4 Å². The molecule has 0 bridgehead atoms. The second-order valence-electron chi connectivity index (χ2n) is 5.06. The van der Waals surface area contributed by atoms with Crippen molar-refractivity contribution in [1.29, 1.82) is 0 Å². The van der Waals surface area contributed by atoms with Gasteiger partial charge in [0.05, 0.1) is 4.92 Å². The number of nitrogens with two attached hydrogens (primary N) is 1. The third-order valence-electron chi connectivity index (χ3n) is 3.78. The summed E-state index contributed by atoms with van der Waals surface area (Å²) in [5, 5.41) is 11.1. The Labute approximate surface area is 117 Å². The van der Waals surface area contributed by atoms with Gasteiger partial charge in [-0.3, -0.25) is 15.5 Å². The fourth-order valence-corrected chi connectivity index (χ4v) is 2.64. The average Bonchev–Trinajstić information content (AvgIpc) is 2.74. The first kappa shape index (κ1) is 14.4. The highest BCUT2D eigenvalue weighted by atomic mass is 16.6. The van der Waals surface area contributed by atoms with Crippen molar-refractivity contribution in [2.24, 2.45) is 5.84 Å². The minimum atomic E-state index is -0.456. The van der Waals surface area contributed by atoms with Gasteiger partial charge in [0.2, 0.25) is 11.8 Å². The molecule has 1 aliphatic rings. The van der Waals surface area contributed by atoms with Crippen LogP contribution in [0.15, 0.2) is 6.20 Å². The molecule has 3 N–H and O–H groups in total. The number of nitro groups is 1. The fraction of sp³-hybridized carbons (Fsp3) is 0.667. The van der Waals surface area contributed by atoms with Gasteiger partial charge in [0.15, 0.2) is 0 Å². The molecule has 0 saturated heterocycles. The number of anilines is 2. The number of hydrazine groups is 1. The Morgan fingerprint density at radius 3 is 2.60 bits per heavy atom. The normalized spacial score (nSPS) is 16.5. The molecule has 20 heavy (non-hydrogen) atoms. The number of rotatable bonds is 4. The molecule has 0 aliphatic heterocycles. The second-order valence-corrected chi connectivity index (χ2v) is 5.06. The van der Waals surface area contributed by atoms with E-state index in [1.54, 1.807) is 0 Å². The molecule has 0 amide bonds. The van der Waals surface area contributed by atoms with Crippen molar-refractivity contribution in [1.82, 2.24) is 9.97 Å². The number of hydrogen-bond acceptors (Lipinski definition) is 7. The molecular formula is C12H20N6O2. The molecule has 0 atom stereocenters. The van der Waals surface area contributed by atoms with Crippen LogP contribution in [0.3, 0.4) is 0 Å². The lowest BCUT2D eigenvalue weighted by Crippen LogP contribution is -2.32. The molecule has 0 aromatic carbocycles. The van der Waals surface area contributed by atoms with Gasteiger partial charge in [-0.15, -0.1) is 0 Å². The number of aromatic nitrogens is 2. The number of nitrogens with one attached hydrogen (secondary N) is 1. The maximum Gasteiger partial charge on any atom is 0.329 e. The van der Waals surface area contributed by atoms with Gasteiger partial charge in [-0.2, -0.15) is 4.98 Å². The van der Waals surface area contributed by atoms with Crippen LogP contribution in [0.5, 0.6) is 0 Å². The van der Waals surface area contributed by atoms with Gasteiger partial charge in [-0.1, -0.05) is 25.7 Å². The smallest absolute Gasteiger partial charge is 0.329 e. The van der Waals surface area contributed by atoms with Crippen molar-refractivity contribution in [3.63, 3.8) is 0 Å². The molecule has 1 heterocycles. The van der Waals surface area contributed by atoms with Crippen LogP contribution in [0.1, 0.15) is 38.5 Å². The summed E-state index contributed by atoms with van der Waals surface area (Å²) >= 11 is 0. The van der Waals surface area contributed by atoms with Gasteiger partial charge in [0.25, 0.3) is 0 Å². The third-order valence-corrected chi connectivity index (χ3v) is 3.78. The van der Waals surface area contributed by atoms with Crippen molar-refractivity contribution < 1.29 is 4.92 Å². The third kappa shape index (κ3) is 3.13. The van der Waals surface area contributed by atoms with Gasteiger partial charge in [0, 0.05) is 13.1 Å². The quantitative estimate of drug-likeness (QED) is 0.374. The van der Waals surface area contributed by atoms with Crippen LogP contribution < -0.4 is 16.2 Å². The van der Waals surface area contributed by atoms with E-state index in [1.807, 2.05) is 11.9 Å². The molecule has 0 unspecified atom stereocenters. The summed E-state index contributed by atoms with van der Waals surface area (Å²) in [6, 6.07) is 0.275. The van der Waals surface area contributed by atoms with Crippen LogP contribution in [-0.2, 0) is 0 Å². The predicted molar refractivity (Wildman–Crippen MR) is 76.4 cm³/mol. The highest BCUT2D eigenvalue weighted by molar-refractivity contribution is 5.58. The monoisotopic (exact) mass is 280 g/mol. The summed E-state index contributed by atoms with van der Waals surface area (Å²) in [5.74, 6) is 5.80. The first-order valence-corrected chi connectivity index (χ1v) is 6.84. The van der Waals surface area contributed by atoms with Crippen molar-refractivity contribution in [3.05, 3.63) is 16.3 Å². The molecule has 1 saturated carbocycles. The van der Waals surface area contributed by atoms with Crippen molar-refractivity contribution >= 4 is 17.5 Å². The van der Waals surface area contributed by atoms with E-state index < -0.39 is 4.92 Å². The topological polar surface area (TPSA) is 110 Å². The van der Waals surface area contributed by atoms with Crippen LogP contribution in [0, 0.1) is 10.1 Å². The zero-order valence-electron chi connectivity index (χ0n) is 11.6. The van der Waals surface area contributed by atoms with Gasteiger partial charge in [-0.05, 0) is 12.8 Å². The lowest BCUT2D eigenvalue weighted by atomic mass is 10.1. The molecule has 1 aromatic rings. The molecule has 0 spiro atoms. The zero-order valence-corrected chi connectivity index (χ0v) is 11.6. The average molecular weight is 280 g/mol. The molecule has 1 fully saturated rings. The first-order chi connectivity index (χ1) is 9.63. The van der Waals surface area contributed by atoms with E-state index in [0.717, 1.165) is 25.7 Å². The first-order valence-electron chi connectivity index (χ1n) is 6.84. The summed E-state index contributed by atoms with van der Waals surface area (Å²) in [4.78, 5) is 20.5. The number of nitrogen functional groups attached to an aromatic ring is 1. The highest BCUT2D eigenvalue weighted by Gasteiger charge is 2.26. The molecule has 1 aromatic heterocycles. The van der Waals surface area contributed by atoms with E-state index in [-0.39, 0.29) is 17.7 Å². The minimum Gasteiger partial charge on any atom is -0.351 e. The van der Waals surface area contributed by atoms with Gasteiger partial charge >= 0.3 is 5.69 Å². The van der Waals surface area contributed by atoms with E-state index in [9.17, 15) is 10.1 Å².